The third-order valence-corrected chi connectivity index (χ3v) is 5.91. The number of anilines is 1. The van der Waals surface area contributed by atoms with Crippen LogP contribution in [0.15, 0.2) is 18.3 Å². The number of esters is 1. The molecule has 0 unspecified atom stereocenters. The summed E-state index contributed by atoms with van der Waals surface area (Å²) < 4.78 is 5.03. The van der Waals surface area contributed by atoms with Crippen molar-refractivity contribution in [3.8, 4) is 0 Å². The van der Waals surface area contributed by atoms with Gasteiger partial charge >= 0.3 is 11.9 Å². The molecule has 0 saturated carbocycles. The molecule has 2 aliphatic heterocycles. The van der Waals surface area contributed by atoms with Gasteiger partial charge in [-0.1, -0.05) is 0 Å². The number of hydrogen-bond acceptors (Lipinski definition) is 7. The number of aromatic carboxylic acids is 1. The molecule has 8 heteroatoms. The number of piperazine rings is 1. The molecule has 0 bridgehead atoms. The number of carboxylic acid groups (broad SMARTS) is 1. The third-order valence-electron chi connectivity index (χ3n) is 5.91. The minimum absolute atomic E-state index is 0.125. The van der Waals surface area contributed by atoms with Crippen LogP contribution in [0.2, 0.25) is 0 Å². The molecule has 1 N–H and O–H groups in total. The number of aromatic nitrogens is 1. The second-order valence-electron chi connectivity index (χ2n) is 7.85. The first kappa shape index (κ1) is 21.5. The van der Waals surface area contributed by atoms with Crippen LogP contribution >= 0.6 is 0 Å². The van der Waals surface area contributed by atoms with Gasteiger partial charge in [-0.3, -0.25) is 9.69 Å². The number of ether oxygens (including phenoxy) is 1. The van der Waals surface area contributed by atoms with Crippen LogP contribution in [-0.4, -0.2) is 90.8 Å². The van der Waals surface area contributed by atoms with Gasteiger partial charge in [0.15, 0.2) is 0 Å². The quantitative estimate of drug-likeness (QED) is 0.654. The lowest BCUT2D eigenvalue weighted by Gasteiger charge is -2.36. The summed E-state index contributed by atoms with van der Waals surface area (Å²) >= 11 is 0. The first-order chi connectivity index (χ1) is 14.0. The molecule has 0 amide bonds. The summed E-state index contributed by atoms with van der Waals surface area (Å²) in [5.74, 6) is 0.526. The van der Waals surface area contributed by atoms with Gasteiger partial charge < -0.3 is 19.6 Å². The lowest BCUT2D eigenvalue weighted by atomic mass is 9.93. The molecule has 0 aromatic carbocycles. The van der Waals surface area contributed by atoms with E-state index in [4.69, 9.17) is 9.84 Å². The van der Waals surface area contributed by atoms with E-state index in [0.29, 0.717) is 13.2 Å². The van der Waals surface area contributed by atoms with Crippen LogP contribution in [0.4, 0.5) is 5.82 Å². The maximum absolute atomic E-state index is 11.6. The fraction of sp³-hybridized carbons (Fsp3) is 0.667. The number of pyridine rings is 1. The van der Waals surface area contributed by atoms with Gasteiger partial charge in [0.05, 0.1) is 18.7 Å². The van der Waals surface area contributed by atoms with E-state index < -0.39 is 5.97 Å². The van der Waals surface area contributed by atoms with Crippen molar-refractivity contribution in [1.29, 1.82) is 0 Å². The minimum atomic E-state index is -0.940. The number of hydrogen-bond donors (Lipinski definition) is 1. The van der Waals surface area contributed by atoms with Crippen LogP contribution in [0.1, 0.15) is 36.5 Å². The average molecular weight is 405 g/mol. The Labute approximate surface area is 172 Å². The van der Waals surface area contributed by atoms with Crippen molar-refractivity contribution in [3.05, 3.63) is 23.9 Å². The molecule has 3 heterocycles. The van der Waals surface area contributed by atoms with Crippen LogP contribution in [-0.2, 0) is 9.53 Å². The lowest BCUT2D eigenvalue weighted by Crippen LogP contribution is -2.48. The van der Waals surface area contributed by atoms with Gasteiger partial charge in [-0.05, 0) is 50.8 Å². The summed E-state index contributed by atoms with van der Waals surface area (Å²) in [7, 11) is 0. The van der Waals surface area contributed by atoms with Crippen molar-refractivity contribution in [1.82, 2.24) is 14.8 Å². The maximum Gasteiger partial charge on any atom is 0.337 e. The Morgan fingerprint density at radius 1 is 1.10 bits per heavy atom. The fourth-order valence-corrected chi connectivity index (χ4v) is 4.08. The Kier molecular flexibility index (Phi) is 7.83. The summed E-state index contributed by atoms with van der Waals surface area (Å²) in [4.78, 5) is 33.8. The van der Waals surface area contributed by atoms with Crippen LogP contribution in [0, 0.1) is 5.92 Å². The van der Waals surface area contributed by atoms with E-state index in [-0.39, 0.29) is 11.5 Å². The van der Waals surface area contributed by atoms with E-state index in [1.807, 2.05) is 6.92 Å². The second kappa shape index (κ2) is 10.5. The zero-order chi connectivity index (χ0) is 20.6. The van der Waals surface area contributed by atoms with Crippen molar-refractivity contribution in [2.45, 2.75) is 26.2 Å². The molecule has 0 aliphatic carbocycles. The predicted molar refractivity (Wildman–Crippen MR) is 110 cm³/mol. The molecule has 1 aromatic heterocycles. The number of carbonyl (C=O) groups excluding carboxylic acids is 1. The second-order valence-corrected chi connectivity index (χ2v) is 7.85. The molecule has 1 aromatic rings. The Morgan fingerprint density at radius 2 is 1.79 bits per heavy atom. The maximum atomic E-state index is 11.6. The molecule has 160 valence electrons. The van der Waals surface area contributed by atoms with Gasteiger partial charge in [0.1, 0.15) is 5.82 Å². The van der Waals surface area contributed by atoms with Crippen LogP contribution < -0.4 is 4.90 Å². The van der Waals surface area contributed by atoms with Gasteiger partial charge in [-0.15, -0.1) is 0 Å². The topological polar surface area (TPSA) is 86.2 Å². The highest BCUT2D eigenvalue weighted by atomic mass is 16.5. The molecule has 0 spiro atoms. The highest BCUT2D eigenvalue weighted by molar-refractivity contribution is 5.87. The van der Waals surface area contributed by atoms with E-state index in [1.54, 1.807) is 12.1 Å². The van der Waals surface area contributed by atoms with Crippen molar-refractivity contribution >= 4 is 17.8 Å². The van der Waals surface area contributed by atoms with Crippen molar-refractivity contribution < 1.29 is 19.4 Å². The van der Waals surface area contributed by atoms with Gasteiger partial charge in [0.2, 0.25) is 0 Å². The summed E-state index contributed by atoms with van der Waals surface area (Å²) in [6.07, 6.45) is 4.93. The average Bonchev–Trinajstić information content (AvgIpc) is 2.74. The van der Waals surface area contributed by atoms with Gasteiger partial charge in [0.25, 0.3) is 0 Å². The van der Waals surface area contributed by atoms with Gasteiger partial charge in [0, 0.05) is 45.5 Å². The third kappa shape index (κ3) is 6.40. The SMILES string of the molecule is CCOC(=O)CN1CCN(CCC2CCN(c3ccc(C(=O)O)cn3)CC2)CC1. The zero-order valence-electron chi connectivity index (χ0n) is 17.3. The summed E-state index contributed by atoms with van der Waals surface area (Å²) in [6.45, 7) is 9.62. The molecule has 2 aliphatic rings. The molecule has 2 fully saturated rings. The van der Waals surface area contributed by atoms with Crippen LogP contribution in [0.5, 0.6) is 0 Å². The van der Waals surface area contributed by atoms with E-state index >= 15 is 0 Å². The number of rotatable bonds is 8. The summed E-state index contributed by atoms with van der Waals surface area (Å²) in [5.41, 5.74) is 0.228. The summed E-state index contributed by atoms with van der Waals surface area (Å²) in [5, 5.41) is 8.98. The van der Waals surface area contributed by atoms with Crippen LogP contribution in [0.3, 0.4) is 0 Å². The Balaban J connectivity index is 1.33. The van der Waals surface area contributed by atoms with E-state index in [1.165, 1.54) is 12.6 Å². The van der Waals surface area contributed by atoms with E-state index in [9.17, 15) is 9.59 Å². The smallest absolute Gasteiger partial charge is 0.337 e. The molecule has 2 saturated heterocycles. The number of carboxylic acids is 1. The Hall–Kier alpha value is -2.19. The first-order valence-corrected chi connectivity index (χ1v) is 10.6. The predicted octanol–water partition coefficient (Wildman–Crippen LogP) is 1.57. The van der Waals surface area contributed by atoms with Crippen molar-refractivity contribution in [2.24, 2.45) is 5.92 Å². The lowest BCUT2D eigenvalue weighted by molar-refractivity contribution is -0.144. The zero-order valence-corrected chi connectivity index (χ0v) is 17.3. The monoisotopic (exact) mass is 404 g/mol. The number of carbonyl (C=O) groups is 2. The molecule has 8 nitrogen and oxygen atoms in total. The number of nitrogens with zero attached hydrogens (tertiary/aromatic N) is 4. The van der Waals surface area contributed by atoms with Gasteiger partial charge in [-0.25, -0.2) is 9.78 Å². The molecule has 0 atom stereocenters. The molecule has 3 rings (SSSR count). The van der Waals surface area contributed by atoms with E-state index in [2.05, 4.69) is 19.7 Å². The molecular formula is C21H32N4O4. The summed E-state index contributed by atoms with van der Waals surface area (Å²) in [6, 6.07) is 3.43. The van der Waals surface area contributed by atoms with Crippen molar-refractivity contribution in [3.63, 3.8) is 0 Å². The highest BCUT2D eigenvalue weighted by Crippen LogP contribution is 2.24. The normalized spacial score (nSPS) is 19.3. The van der Waals surface area contributed by atoms with E-state index in [0.717, 1.165) is 70.4 Å². The van der Waals surface area contributed by atoms with Gasteiger partial charge in [-0.2, -0.15) is 0 Å². The fourth-order valence-electron chi connectivity index (χ4n) is 4.08. The Morgan fingerprint density at radius 3 is 2.38 bits per heavy atom. The van der Waals surface area contributed by atoms with Crippen molar-refractivity contribution in [2.75, 3.05) is 63.9 Å². The largest absolute Gasteiger partial charge is 0.478 e. The Bertz CT molecular complexity index is 666. The van der Waals surface area contributed by atoms with Crippen LogP contribution in [0.25, 0.3) is 0 Å². The molecular weight excluding hydrogens is 372 g/mol. The minimum Gasteiger partial charge on any atom is -0.478 e. The molecule has 29 heavy (non-hydrogen) atoms. The highest BCUT2D eigenvalue weighted by Gasteiger charge is 2.23. The number of piperidine rings is 1. The molecule has 0 radical (unpaired) electrons. The standard InChI is InChI=1S/C21H32N4O4/c1-2-29-20(26)16-24-13-11-23(12-14-24)8-5-17-6-9-25(10-7-17)19-4-3-18(15-22-19)21(27)28/h3-4,15,17H,2,5-14,16H2,1H3,(H,27,28). The first-order valence-electron chi connectivity index (χ1n) is 10.6.